The second kappa shape index (κ2) is 16.1. The van der Waals surface area contributed by atoms with Gasteiger partial charge in [0.15, 0.2) is 0 Å². The second-order valence-electron chi connectivity index (χ2n) is 2.42. The normalized spacial score (nSPS) is 8.13. The Labute approximate surface area is 104 Å². The molecular weight excluding hydrogens is 216 g/mol. The first-order valence-corrected chi connectivity index (χ1v) is 4.18. The first-order valence-electron chi connectivity index (χ1n) is 4.18. The number of rotatable bonds is 6. The van der Waals surface area contributed by atoms with E-state index in [1.807, 2.05) is 0 Å². The van der Waals surface area contributed by atoms with E-state index in [0.29, 0.717) is 12.8 Å². The van der Waals surface area contributed by atoms with Gasteiger partial charge < -0.3 is 25.2 Å². The first kappa shape index (κ1) is 20.1. The Balaban J connectivity index is -0.000000180. The SMILES string of the molecule is O=C(O)CCCO.O=C([O-])CCCO.[Mg+2]. The van der Waals surface area contributed by atoms with Gasteiger partial charge in [-0.05, 0) is 19.3 Å². The summed E-state index contributed by atoms with van der Waals surface area (Å²) in [6, 6.07) is 0. The number of carboxylic acids is 2. The van der Waals surface area contributed by atoms with Gasteiger partial charge in [0.25, 0.3) is 0 Å². The molecule has 0 aromatic carbocycles. The minimum Gasteiger partial charge on any atom is -0.550 e. The quantitative estimate of drug-likeness (QED) is 0.454. The van der Waals surface area contributed by atoms with Crippen LogP contribution in [-0.4, -0.2) is 63.5 Å². The monoisotopic (exact) mass is 231 g/mol. The van der Waals surface area contributed by atoms with Crippen molar-refractivity contribution in [2.45, 2.75) is 25.7 Å². The fourth-order valence-electron chi connectivity index (χ4n) is 0.454. The fourth-order valence-corrected chi connectivity index (χ4v) is 0.454. The Bertz CT molecular complexity index is 143. The van der Waals surface area contributed by atoms with Crippen molar-refractivity contribution in [2.75, 3.05) is 13.2 Å². The zero-order valence-corrected chi connectivity index (χ0v) is 9.93. The minimum atomic E-state index is -1.10. The number of carboxylic acid groups (broad SMARTS) is 2. The summed E-state index contributed by atoms with van der Waals surface area (Å²) >= 11 is 0. The number of aliphatic hydroxyl groups excluding tert-OH is 2. The molecule has 0 rings (SSSR count). The van der Waals surface area contributed by atoms with E-state index in [-0.39, 0.29) is 49.1 Å². The molecule has 0 aliphatic carbocycles. The van der Waals surface area contributed by atoms with E-state index in [1.54, 1.807) is 0 Å². The Kier molecular flexibility index (Phi) is 21.5. The van der Waals surface area contributed by atoms with E-state index in [9.17, 15) is 14.7 Å². The van der Waals surface area contributed by atoms with Gasteiger partial charge in [0.1, 0.15) is 0 Å². The largest absolute Gasteiger partial charge is 2.00 e. The van der Waals surface area contributed by atoms with Crippen molar-refractivity contribution in [1.29, 1.82) is 0 Å². The second-order valence-corrected chi connectivity index (χ2v) is 2.42. The van der Waals surface area contributed by atoms with Crippen LogP contribution in [0.25, 0.3) is 0 Å². The van der Waals surface area contributed by atoms with Crippen LogP contribution in [0.2, 0.25) is 0 Å². The van der Waals surface area contributed by atoms with Crippen molar-refractivity contribution in [2.24, 2.45) is 0 Å². The molecule has 15 heavy (non-hydrogen) atoms. The van der Waals surface area contributed by atoms with Crippen LogP contribution in [-0.2, 0) is 9.59 Å². The number of aliphatic hydroxyl groups is 2. The third-order valence-corrected chi connectivity index (χ3v) is 1.09. The molecule has 0 fully saturated rings. The van der Waals surface area contributed by atoms with Gasteiger partial charge in [-0.15, -0.1) is 0 Å². The molecule has 6 nitrogen and oxygen atoms in total. The van der Waals surface area contributed by atoms with Crippen molar-refractivity contribution >= 4 is 35.0 Å². The van der Waals surface area contributed by atoms with Gasteiger partial charge in [0.2, 0.25) is 0 Å². The third kappa shape index (κ3) is 31.7. The molecule has 3 N–H and O–H groups in total. The zero-order chi connectivity index (χ0) is 11.4. The summed E-state index contributed by atoms with van der Waals surface area (Å²) in [5.74, 6) is -1.96. The molecule has 0 aliphatic heterocycles. The van der Waals surface area contributed by atoms with E-state index in [1.165, 1.54) is 0 Å². The van der Waals surface area contributed by atoms with Crippen molar-refractivity contribution < 1.29 is 30.0 Å². The van der Waals surface area contributed by atoms with Crippen LogP contribution in [0.15, 0.2) is 0 Å². The van der Waals surface area contributed by atoms with Crippen LogP contribution in [0.5, 0.6) is 0 Å². The molecular formula is C8H15MgO6+. The molecule has 0 bridgehead atoms. The van der Waals surface area contributed by atoms with Gasteiger partial charge in [-0.2, -0.15) is 0 Å². The molecule has 0 aromatic heterocycles. The summed E-state index contributed by atoms with van der Waals surface area (Å²) in [5, 5.41) is 33.5. The molecule has 0 radical (unpaired) electrons. The summed E-state index contributed by atoms with van der Waals surface area (Å²) in [7, 11) is 0. The van der Waals surface area contributed by atoms with Crippen LogP contribution in [0.4, 0.5) is 0 Å². The summed E-state index contributed by atoms with van der Waals surface area (Å²) in [5.41, 5.74) is 0. The van der Waals surface area contributed by atoms with E-state index < -0.39 is 11.9 Å². The maximum absolute atomic E-state index is 9.65. The topological polar surface area (TPSA) is 118 Å². The van der Waals surface area contributed by atoms with Crippen molar-refractivity contribution in [3.05, 3.63) is 0 Å². The van der Waals surface area contributed by atoms with Gasteiger partial charge in [0.05, 0.1) is 0 Å². The molecule has 0 aliphatic rings. The van der Waals surface area contributed by atoms with Crippen LogP contribution in [0.3, 0.4) is 0 Å². The smallest absolute Gasteiger partial charge is 0.550 e. The van der Waals surface area contributed by atoms with Crippen LogP contribution >= 0.6 is 0 Å². The van der Waals surface area contributed by atoms with Gasteiger partial charge in [-0.25, -0.2) is 0 Å². The Morgan fingerprint density at radius 3 is 1.53 bits per heavy atom. The number of carbonyl (C=O) groups is 2. The number of hydrogen-bond acceptors (Lipinski definition) is 5. The number of hydrogen-bond donors (Lipinski definition) is 3. The molecule has 84 valence electrons. The van der Waals surface area contributed by atoms with E-state index in [2.05, 4.69) is 0 Å². The Morgan fingerprint density at radius 2 is 1.40 bits per heavy atom. The summed E-state index contributed by atoms with van der Waals surface area (Å²) < 4.78 is 0. The van der Waals surface area contributed by atoms with Crippen LogP contribution in [0.1, 0.15) is 25.7 Å². The predicted molar refractivity (Wildman–Crippen MR) is 51.0 cm³/mol. The Hall–Kier alpha value is -0.374. The molecule has 0 heterocycles. The fraction of sp³-hybridized carbons (Fsp3) is 0.750. The number of carbonyl (C=O) groups excluding carboxylic acids is 1. The van der Waals surface area contributed by atoms with E-state index in [4.69, 9.17) is 15.3 Å². The Morgan fingerprint density at radius 1 is 1.00 bits per heavy atom. The van der Waals surface area contributed by atoms with Crippen molar-refractivity contribution in [3.8, 4) is 0 Å². The van der Waals surface area contributed by atoms with Crippen LogP contribution < -0.4 is 5.11 Å². The molecule has 0 amide bonds. The van der Waals surface area contributed by atoms with E-state index in [0.717, 1.165) is 0 Å². The number of aliphatic carboxylic acids is 2. The minimum absolute atomic E-state index is 0. The molecule has 0 saturated carbocycles. The third-order valence-electron chi connectivity index (χ3n) is 1.09. The van der Waals surface area contributed by atoms with Crippen molar-refractivity contribution in [3.63, 3.8) is 0 Å². The predicted octanol–water partition coefficient (Wildman–Crippen LogP) is -2.03. The first-order chi connectivity index (χ1) is 6.54. The summed E-state index contributed by atoms with van der Waals surface area (Å²) in [6.07, 6.45) is 0.671. The maximum Gasteiger partial charge on any atom is 2.00 e. The summed E-state index contributed by atoms with van der Waals surface area (Å²) in [4.78, 5) is 19.2. The van der Waals surface area contributed by atoms with Gasteiger partial charge in [0, 0.05) is 25.6 Å². The molecule has 0 aromatic rings. The van der Waals surface area contributed by atoms with Gasteiger partial charge in [-0.1, -0.05) is 0 Å². The molecule has 0 atom stereocenters. The van der Waals surface area contributed by atoms with Gasteiger partial charge >= 0.3 is 29.0 Å². The van der Waals surface area contributed by atoms with Crippen molar-refractivity contribution in [1.82, 2.24) is 0 Å². The average molecular weight is 232 g/mol. The van der Waals surface area contributed by atoms with Crippen LogP contribution in [0, 0.1) is 0 Å². The van der Waals surface area contributed by atoms with Gasteiger partial charge in [-0.3, -0.25) is 4.79 Å². The maximum atomic E-state index is 9.65. The standard InChI is InChI=1S/2C4H8O3.Mg/c2*5-3-1-2-4(6)7;/h2*5H,1-3H2,(H,6,7);/q;;+2/p-1. The molecule has 0 spiro atoms. The average Bonchev–Trinajstić information content (AvgIpc) is 2.12. The van der Waals surface area contributed by atoms with E-state index >= 15 is 0 Å². The molecule has 7 heteroatoms. The molecule has 0 unspecified atom stereocenters. The molecule has 0 saturated heterocycles. The summed E-state index contributed by atoms with van der Waals surface area (Å²) in [6.45, 7) is -0.111. The zero-order valence-electron chi connectivity index (χ0n) is 8.52.